The fourth-order valence-electron chi connectivity index (χ4n) is 5.78. The number of Topliss-reactive ketones (excluding diaryl/α,β-unsaturated/α-hetero) is 1. The fraction of sp³-hybridized carbons (Fsp3) is 0.452. The van der Waals surface area contributed by atoms with Crippen LogP contribution in [0.1, 0.15) is 54.4 Å². The van der Waals surface area contributed by atoms with Gasteiger partial charge in [0.15, 0.2) is 5.78 Å². The molecule has 3 aromatic rings. The molecular formula is C31H34Cl2N3NaO6. The molecule has 1 amide bonds. The van der Waals surface area contributed by atoms with Gasteiger partial charge in [-0.3, -0.25) is 14.5 Å². The average molecular weight is 639 g/mol. The van der Waals surface area contributed by atoms with Gasteiger partial charge in [-0.2, -0.15) is 0 Å². The molecule has 12 heteroatoms. The topological polar surface area (TPSA) is 113 Å². The molecule has 0 radical (unpaired) electrons. The van der Waals surface area contributed by atoms with Crippen LogP contribution in [0.25, 0.3) is 10.9 Å². The van der Waals surface area contributed by atoms with Gasteiger partial charge < -0.3 is 29.3 Å². The van der Waals surface area contributed by atoms with E-state index in [0.717, 1.165) is 30.3 Å². The molecule has 1 saturated carbocycles. The van der Waals surface area contributed by atoms with Crippen LogP contribution in [0.3, 0.4) is 0 Å². The van der Waals surface area contributed by atoms with Crippen molar-refractivity contribution in [1.82, 2.24) is 9.47 Å². The number of anilines is 1. The first kappa shape index (κ1) is 33.9. The summed E-state index contributed by atoms with van der Waals surface area (Å²) in [6.45, 7) is 1.11. The van der Waals surface area contributed by atoms with Crippen molar-refractivity contribution < 1.29 is 58.5 Å². The Kier molecular flexibility index (Phi) is 12.1. The number of hydrogen-bond donors (Lipinski definition) is 1. The van der Waals surface area contributed by atoms with Crippen molar-refractivity contribution in [2.75, 3.05) is 25.2 Å². The standard InChI is InChI=1S/C31H35Cl2N3O6.Na/c1-35-16-24(23-5-2-3-6-28(23)35)30(38)34-27-15-25(32)20(14-26(27)33)13-21(37)17-41-29-7-4-12-36(29)18-42-22-10-8-19(9-11-22)31(39)40;/h2-3,5-6,14-16,19,22,29H,4,7-13,17-18H2,1H3,(H,34,38)(H,39,40);/q;+1/p-1. The van der Waals surface area contributed by atoms with Gasteiger partial charge in [-0.1, -0.05) is 41.4 Å². The summed E-state index contributed by atoms with van der Waals surface area (Å²) in [6, 6.07) is 10.8. The predicted molar refractivity (Wildman–Crippen MR) is 158 cm³/mol. The van der Waals surface area contributed by atoms with E-state index in [9.17, 15) is 19.5 Å². The second-order valence-electron chi connectivity index (χ2n) is 11.1. The van der Waals surface area contributed by atoms with Crippen LogP contribution in [-0.2, 0) is 32.5 Å². The van der Waals surface area contributed by atoms with Crippen molar-refractivity contribution in [1.29, 1.82) is 0 Å². The molecule has 1 aliphatic heterocycles. The molecule has 2 heterocycles. The molecule has 0 spiro atoms. The maximum atomic E-state index is 13.0. The molecule has 1 atom stereocenters. The van der Waals surface area contributed by atoms with Gasteiger partial charge in [0.2, 0.25) is 0 Å². The Bertz CT molecular complexity index is 1470. The molecule has 224 valence electrons. The molecule has 1 aromatic heterocycles. The van der Waals surface area contributed by atoms with Gasteiger partial charge in [0.1, 0.15) is 19.6 Å². The van der Waals surface area contributed by atoms with Crippen molar-refractivity contribution in [3.05, 3.63) is 63.8 Å². The summed E-state index contributed by atoms with van der Waals surface area (Å²) in [5.74, 6) is -1.81. The maximum absolute atomic E-state index is 13.0. The zero-order valence-electron chi connectivity index (χ0n) is 24.4. The van der Waals surface area contributed by atoms with E-state index in [4.69, 9.17) is 32.7 Å². The van der Waals surface area contributed by atoms with Crippen LogP contribution in [0, 0.1) is 5.92 Å². The number of aromatic nitrogens is 1. The zero-order chi connectivity index (χ0) is 29.8. The number of benzene rings is 2. The average Bonchev–Trinajstić information content (AvgIpc) is 3.57. The van der Waals surface area contributed by atoms with Crippen LogP contribution in [0.5, 0.6) is 0 Å². The number of para-hydroxylation sites is 1. The van der Waals surface area contributed by atoms with Crippen molar-refractivity contribution in [2.45, 2.75) is 57.3 Å². The number of carboxylic acid groups (broad SMARTS) is 1. The van der Waals surface area contributed by atoms with E-state index >= 15 is 0 Å². The first-order valence-corrected chi connectivity index (χ1v) is 15.0. The molecular weight excluding hydrogens is 604 g/mol. The molecule has 1 N–H and O–H groups in total. The molecule has 5 rings (SSSR count). The molecule has 2 fully saturated rings. The molecule has 1 saturated heterocycles. The summed E-state index contributed by atoms with van der Waals surface area (Å²) in [4.78, 5) is 39.0. The van der Waals surface area contributed by atoms with E-state index in [0.29, 0.717) is 54.3 Å². The first-order chi connectivity index (χ1) is 20.2. The minimum Gasteiger partial charge on any atom is -0.550 e. The third kappa shape index (κ3) is 8.41. The number of fused-ring (bicyclic) bond motifs is 1. The number of ether oxygens (including phenoxy) is 2. The number of aliphatic carboxylic acids is 1. The largest absolute Gasteiger partial charge is 1.00 e. The number of aryl methyl sites for hydroxylation is 1. The van der Waals surface area contributed by atoms with E-state index in [2.05, 4.69) is 10.2 Å². The van der Waals surface area contributed by atoms with Gasteiger partial charge in [-0.05, 0) is 68.2 Å². The number of hydrogen-bond acceptors (Lipinski definition) is 7. The minimum atomic E-state index is -0.978. The predicted octanol–water partition coefficient (Wildman–Crippen LogP) is 1.57. The fourth-order valence-corrected chi connectivity index (χ4v) is 6.25. The smallest absolute Gasteiger partial charge is 0.550 e. The van der Waals surface area contributed by atoms with Crippen molar-refractivity contribution in [3.63, 3.8) is 0 Å². The Balaban J connectivity index is 0.00000423. The third-order valence-corrected chi connectivity index (χ3v) is 8.80. The van der Waals surface area contributed by atoms with E-state index in [1.165, 1.54) is 0 Å². The van der Waals surface area contributed by atoms with Gasteiger partial charge in [0.25, 0.3) is 5.91 Å². The van der Waals surface area contributed by atoms with Crippen LogP contribution >= 0.6 is 23.2 Å². The molecule has 9 nitrogen and oxygen atoms in total. The van der Waals surface area contributed by atoms with E-state index < -0.39 is 5.97 Å². The van der Waals surface area contributed by atoms with Crippen molar-refractivity contribution >= 4 is 57.5 Å². The summed E-state index contributed by atoms with van der Waals surface area (Å²) in [5, 5.41) is 15.3. The van der Waals surface area contributed by atoms with Crippen LogP contribution in [-0.4, -0.2) is 59.3 Å². The van der Waals surface area contributed by atoms with Gasteiger partial charge in [0.05, 0.1) is 22.4 Å². The third-order valence-electron chi connectivity index (χ3n) is 8.14. The van der Waals surface area contributed by atoms with Gasteiger partial charge in [-0.15, -0.1) is 0 Å². The summed E-state index contributed by atoms with van der Waals surface area (Å²) >= 11 is 13.0. The van der Waals surface area contributed by atoms with E-state index in [1.807, 2.05) is 35.9 Å². The monoisotopic (exact) mass is 637 g/mol. The van der Waals surface area contributed by atoms with Crippen LogP contribution < -0.4 is 40.0 Å². The summed E-state index contributed by atoms with van der Waals surface area (Å²) in [7, 11) is 1.88. The maximum Gasteiger partial charge on any atom is 1.00 e. The van der Waals surface area contributed by atoms with Crippen LogP contribution in [0.2, 0.25) is 10.0 Å². The second-order valence-corrected chi connectivity index (χ2v) is 11.9. The van der Waals surface area contributed by atoms with Gasteiger partial charge in [0, 0.05) is 48.1 Å². The molecule has 0 bridgehead atoms. The summed E-state index contributed by atoms with van der Waals surface area (Å²) in [6.07, 6.45) is 5.90. The minimum absolute atomic E-state index is 0. The Hall–Kier alpha value is -1.95. The number of nitrogens with zero attached hydrogens (tertiary/aromatic N) is 2. The molecule has 2 aromatic carbocycles. The summed E-state index contributed by atoms with van der Waals surface area (Å²) < 4.78 is 13.9. The van der Waals surface area contributed by atoms with Gasteiger partial charge >= 0.3 is 29.6 Å². The summed E-state index contributed by atoms with van der Waals surface area (Å²) in [5.41, 5.74) is 2.37. The van der Waals surface area contributed by atoms with Crippen LogP contribution in [0.4, 0.5) is 5.69 Å². The SMILES string of the molecule is Cn1cc(C(=O)Nc2cc(Cl)c(CC(=O)COC3CCCN3COC3CCC(C(=O)[O-])CC3)cc2Cl)c2ccccc21.[Na+]. The Morgan fingerprint density at radius 1 is 1.02 bits per heavy atom. The number of rotatable bonds is 11. The number of carbonyl (C=O) groups is 3. The number of carboxylic acids is 1. The molecule has 1 unspecified atom stereocenters. The van der Waals surface area contributed by atoms with Crippen LogP contribution in [0.15, 0.2) is 42.6 Å². The number of likely N-dealkylation sites (tertiary alicyclic amines) is 1. The Morgan fingerprint density at radius 3 is 2.51 bits per heavy atom. The molecule has 43 heavy (non-hydrogen) atoms. The Morgan fingerprint density at radius 2 is 1.77 bits per heavy atom. The number of amides is 1. The van der Waals surface area contributed by atoms with E-state index in [-0.39, 0.29) is 77.5 Å². The quantitative estimate of drug-likeness (QED) is 0.318. The zero-order valence-corrected chi connectivity index (χ0v) is 28.0. The van der Waals surface area contributed by atoms with Crippen molar-refractivity contribution in [3.8, 4) is 0 Å². The van der Waals surface area contributed by atoms with E-state index in [1.54, 1.807) is 18.3 Å². The molecule has 1 aliphatic carbocycles. The number of carbonyl (C=O) groups excluding carboxylic acids is 3. The first-order valence-electron chi connectivity index (χ1n) is 14.2. The number of ketones is 1. The number of nitrogens with one attached hydrogen (secondary N) is 1. The second kappa shape index (κ2) is 15.4. The normalized spacial score (nSPS) is 20.6. The van der Waals surface area contributed by atoms with Gasteiger partial charge in [-0.25, -0.2) is 0 Å². The molecule has 2 aliphatic rings. The van der Waals surface area contributed by atoms with Crippen molar-refractivity contribution in [2.24, 2.45) is 13.0 Å². The number of halogens is 2. The Labute approximate surface area is 283 Å².